The minimum Gasteiger partial charge on any atom is -0.463 e. The molecule has 0 saturated carbocycles. The Kier molecular flexibility index (Phi) is 4.43. The molecule has 0 radical (unpaired) electrons. The van der Waals surface area contributed by atoms with Crippen molar-refractivity contribution in [3.8, 4) is 0 Å². The number of nitrogens with one attached hydrogen (secondary N) is 2. The van der Waals surface area contributed by atoms with Crippen LogP contribution in [0.25, 0.3) is 0 Å². The van der Waals surface area contributed by atoms with Gasteiger partial charge in [-0.25, -0.2) is 14.7 Å². The van der Waals surface area contributed by atoms with Gasteiger partial charge in [-0.1, -0.05) is 0 Å². The fourth-order valence-corrected chi connectivity index (χ4v) is 1.23. The third-order valence-electron chi connectivity index (χ3n) is 1.93. The largest absolute Gasteiger partial charge is 0.463 e. The number of rotatable bonds is 4. The Hall–Kier alpha value is -1.92. The highest BCUT2D eigenvalue weighted by Gasteiger charge is 2.12. The van der Waals surface area contributed by atoms with Crippen molar-refractivity contribution < 1.29 is 4.74 Å². The van der Waals surface area contributed by atoms with Gasteiger partial charge < -0.3 is 15.5 Å². The van der Waals surface area contributed by atoms with Crippen LogP contribution in [0.3, 0.4) is 0 Å². The number of hydrazone groups is 1. The molecule has 7 nitrogen and oxygen atoms in total. The number of hydrogen-bond acceptors (Lipinski definition) is 5. The van der Waals surface area contributed by atoms with E-state index in [9.17, 15) is 0 Å². The average Bonchev–Trinajstić information content (AvgIpc) is 2.75. The molecule has 0 amide bonds. The van der Waals surface area contributed by atoms with Gasteiger partial charge in [0.05, 0.1) is 6.61 Å². The number of imidazole rings is 1. The number of hydrogen-bond donors (Lipinski definition) is 2. The van der Waals surface area contributed by atoms with Crippen molar-refractivity contribution in [2.24, 2.45) is 5.10 Å². The zero-order valence-electron chi connectivity index (χ0n) is 10.1. The van der Waals surface area contributed by atoms with Crippen LogP contribution in [0.15, 0.2) is 17.5 Å². The van der Waals surface area contributed by atoms with Crippen LogP contribution in [0.2, 0.25) is 0 Å². The second-order valence-electron chi connectivity index (χ2n) is 2.92. The normalized spacial score (nSPS) is 11.1. The quantitative estimate of drug-likeness (QED) is 0.430. The maximum atomic E-state index is 5.40. The average molecular weight is 226 g/mol. The van der Waals surface area contributed by atoms with E-state index in [0.29, 0.717) is 18.6 Å². The summed E-state index contributed by atoms with van der Waals surface area (Å²) in [4.78, 5) is 4.14. The van der Waals surface area contributed by atoms with Crippen LogP contribution >= 0.6 is 0 Å². The molecular weight excluding hydrogens is 208 g/mol. The molecule has 1 heterocycles. The molecule has 0 aliphatic rings. The van der Waals surface area contributed by atoms with Gasteiger partial charge in [0.2, 0.25) is 5.95 Å². The minimum atomic E-state index is 0.472. The van der Waals surface area contributed by atoms with Gasteiger partial charge in [-0.3, -0.25) is 0 Å². The molecule has 1 aromatic heterocycles. The molecular formula is C9H18N6O. The number of anilines is 1. The Balaban J connectivity index is 2.89. The van der Waals surface area contributed by atoms with Gasteiger partial charge >= 0.3 is 6.02 Å². The van der Waals surface area contributed by atoms with E-state index in [1.165, 1.54) is 0 Å². The van der Waals surface area contributed by atoms with Crippen LogP contribution in [0.4, 0.5) is 5.95 Å². The fraction of sp³-hybridized carbons (Fsp3) is 0.556. The van der Waals surface area contributed by atoms with E-state index in [-0.39, 0.29) is 0 Å². The van der Waals surface area contributed by atoms with Gasteiger partial charge in [0.1, 0.15) is 0 Å². The number of amidine groups is 1. The fourth-order valence-electron chi connectivity index (χ4n) is 1.23. The predicted octanol–water partition coefficient (Wildman–Crippen LogP) is 0.0195. The smallest absolute Gasteiger partial charge is 0.328 e. The molecule has 0 saturated heterocycles. The molecule has 0 unspecified atom stereocenters. The van der Waals surface area contributed by atoms with E-state index in [4.69, 9.17) is 4.74 Å². The summed E-state index contributed by atoms with van der Waals surface area (Å²) in [5, 5.41) is 8.76. The topological polar surface area (TPSA) is 66.7 Å². The number of nitrogens with zero attached hydrogens (tertiary/aromatic N) is 4. The highest BCUT2D eigenvalue weighted by molar-refractivity contribution is 5.83. The SMILES string of the molecule is CCO/C(=N\NC)N(C)n1ccnc1NC. The van der Waals surface area contributed by atoms with Crippen molar-refractivity contribution in [1.29, 1.82) is 0 Å². The van der Waals surface area contributed by atoms with Gasteiger partial charge in [-0.2, -0.15) is 0 Å². The van der Waals surface area contributed by atoms with Crippen LogP contribution < -0.4 is 15.8 Å². The van der Waals surface area contributed by atoms with Crippen LogP contribution in [0.1, 0.15) is 6.92 Å². The highest BCUT2D eigenvalue weighted by atomic mass is 16.5. The van der Waals surface area contributed by atoms with E-state index in [1.807, 2.05) is 27.2 Å². The van der Waals surface area contributed by atoms with E-state index in [0.717, 1.165) is 0 Å². The van der Waals surface area contributed by atoms with Gasteiger partial charge in [0.15, 0.2) is 0 Å². The maximum Gasteiger partial charge on any atom is 0.328 e. The first kappa shape index (κ1) is 12.2. The molecule has 16 heavy (non-hydrogen) atoms. The van der Waals surface area contributed by atoms with Crippen LogP contribution in [0, 0.1) is 0 Å². The molecule has 1 aromatic rings. The van der Waals surface area contributed by atoms with Crippen LogP contribution in [0.5, 0.6) is 0 Å². The lowest BCUT2D eigenvalue weighted by Gasteiger charge is -2.22. The summed E-state index contributed by atoms with van der Waals surface area (Å²) in [6, 6.07) is 0.472. The van der Waals surface area contributed by atoms with Gasteiger partial charge in [-0.05, 0) is 6.92 Å². The van der Waals surface area contributed by atoms with Crippen molar-refractivity contribution in [3.05, 3.63) is 12.4 Å². The van der Waals surface area contributed by atoms with E-state index >= 15 is 0 Å². The van der Waals surface area contributed by atoms with Gasteiger partial charge in [-0.15, -0.1) is 5.10 Å². The molecule has 0 atom stereocenters. The highest BCUT2D eigenvalue weighted by Crippen LogP contribution is 2.04. The summed E-state index contributed by atoms with van der Waals surface area (Å²) in [5.74, 6) is 0.714. The molecule has 7 heteroatoms. The lowest BCUT2D eigenvalue weighted by atomic mass is 10.8. The third-order valence-corrected chi connectivity index (χ3v) is 1.93. The summed E-state index contributed by atoms with van der Waals surface area (Å²) in [7, 11) is 5.37. The summed E-state index contributed by atoms with van der Waals surface area (Å²) in [5.41, 5.74) is 2.70. The first-order valence-electron chi connectivity index (χ1n) is 5.06. The summed E-state index contributed by atoms with van der Waals surface area (Å²) in [6.07, 6.45) is 3.52. The molecule has 0 aromatic carbocycles. The van der Waals surface area contributed by atoms with Gasteiger partial charge in [0, 0.05) is 33.5 Å². The molecule has 0 aliphatic heterocycles. The summed E-state index contributed by atoms with van der Waals surface area (Å²) < 4.78 is 7.20. The van der Waals surface area contributed by atoms with Crippen LogP contribution in [-0.4, -0.2) is 43.4 Å². The molecule has 0 aliphatic carbocycles. The van der Waals surface area contributed by atoms with E-state index < -0.39 is 0 Å². The molecule has 1 rings (SSSR count). The summed E-state index contributed by atoms with van der Waals surface area (Å²) in [6.45, 7) is 2.46. The maximum absolute atomic E-state index is 5.40. The monoisotopic (exact) mass is 226 g/mol. The number of aromatic nitrogens is 2. The first-order chi connectivity index (χ1) is 7.74. The van der Waals surface area contributed by atoms with Crippen molar-refractivity contribution in [1.82, 2.24) is 15.1 Å². The predicted molar refractivity (Wildman–Crippen MR) is 64.0 cm³/mol. The summed E-state index contributed by atoms with van der Waals surface area (Å²) >= 11 is 0. The molecule has 0 fully saturated rings. The Morgan fingerprint density at radius 1 is 1.62 bits per heavy atom. The number of ether oxygens (including phenoxy) is 1. The van der Waals surface area contributed by atoms with Gasteiger partial charge in [0.25, 0.3) is 0 Å². The second-order valence-corrected chi connectivity index (χ2v) is 2.92. The lowest BCUT2D eigenvalue weighted by Crippen LogP contribution is -2.39. The zero-order chi connectivity index (χ0) is 12.0. The van der Waals surface area contributed by atoms with Crippen molar-refractivity contribution in [2.45, 2.75) is 6.92 Å². The first-order valence-corrected chi connectivity index (χ1v) is 5.06. The second kappa shape index (κ2) is 5.84. The zero-order valence-corrected chi connectivity index (χ0v) is 10.1. The molecule has 0 bridgehead atoms. The molecule has 90 valence electrons. The Labute approximate surface area is 95.1 Å². The molecule has 2 N–H and O–H groups in total. The van der Waals surface area contributed by atoms with E-state index in [2.05, 4.69) is 20.8 Å². The Bertz CT molecular complexity index is 348. The Morgan fingerprint density at radius 2 is 2.38 bits per heavy atom. The molecule has 0 spiro atoms. The van der Waals surface area contributed by atoms with Crippen molar-refractivity contribution in [2.75, 3.05) is 38.1 Å². The standard InChI is InChI=1S/C9H18N6O/c1-5-16-9(13-11-3)14(4)15-7-6-12-8(15)10-2/h6-7,11H,5H2,1-4H3,(H,10,12)/b13-9-. The minimum absolute atomic E-state index is 0.472. The Morgan fingerprint density at radius 3 is 2.94 bits per heavy atom. The third kappa shape index (κ3) is 2.56. The van der Waals surface area contributed by atoms with Crippen molar-refractivity contribution in [3.63, 3.8) is 0 Å². The van der Waals surface area contributed by atoms with Crippen molar-refractivity contribution >= 4 is 12.0 Å². The van der Waals surface area contributed by atoms with E-state index in [1.54, 1.807) is 22.9 Å². The van der Waals surface area contributed by atoms with Crippen LogP contribution in [-0.2, 0) is 4.74 Å². The lowest BCUT2D eigenvalue weighted by molar-refractivity contribution is 0.308.